The molecule has 1 fully saturated rings. The molecule has 0 unspecified atom stereocenters. The first-order valence-electron chi connectivity index (χ1n) is 7.51. The van der Waals surface area contributed by atoms with E-state index in [0.717, 1.165) is 12.1 Å². The third-order valence-corrected chi connectivity index (χ3v) is 3.72. The van der Waals surface area contributed by atoms with Crippen LogP contribution < -0.4 is 21.3 Å². The third-order valence-electron chi connectivity index (χ3n) is 3.72. The van der Waals surface area contributed by atoms with Crippen LogP contribution in [0, 0.1) is 5.41 Å². The highest BCUT2D eigenvalue weighted by Crippen LogP contribution is 2.23. The number of nitrogens with zero attached hydrogens (tertiary/aromatic N) is 1. The number of rotatable bonds is 3. The lowest BCUT2D eigenvalue weighted by Crippen LogP contribution is -2.46. The first-order chi connectivity index (χ1) is 10.3. The Morgan fingerprint density at radius 3 is 2.70 bits per heavy atom. The van der Waals surface area contributed by atoms with Crippen molar-refractivity contribution < 1.29 is 9.59 Å². The van der Waals surface area contributed by atoms with E-state index < -0.39 is 6.04 Å². The molecule has 0 radical (unpaired) electrons. The molecule has 0 saturated carbocycles. The van der Waals surface area contributed by atoms with E-state index in [1.165, 1.54) is 0 Å². The van der Waals surface area contributed by atoms with Crippen LogP contribution in [0.2, 0.25) is 0 Å². The molecule has 2 rings (SSSR count). The van der Waals surface area contributed by atoms with E-state index in [4.69, 9.17) is 5.73 Å². The molecule has 1 aromatic rings. The number of urea groups is 1. The molecular weight excluding hydrogens is 316 g/mol. The quantitative estimate of drug-likeness (QED) is 0.789. The minimum atomic E-state index is -0.602. The van der Waals surface area contributed by atoms with Crippen LogP contribution in [0.3, 0.4) is 0 Å². The Kier molecular flexibility index (Phi) is 6.41. The number of nitrogens with one attached hydrogen (secondary N) is 2. The van der Waals surface area contributed by atoms with Crippen LogP contribution in [0.5, 0.6) is 0 Å². The number of anilines is 2. The number of carbonyl (C=O) groups is 2. The average Bonchev–Trinajstić information content (AvgIpc) is 2.46. The fraction of sp³-hybridized carbons (Fsp3) is 0.500. The summed E-state index contributed by atoms with van der Waals surface area (Å²) in [4.78, 5) is 25.7. The summed E-state index contributed by atoms with van der Waals surface area (Å²) in [7, 11) is 0. The van der Waals surface area contributed by atoms with Crippen molar-refractivity contribution in [1.29, 1.82) is 0 Å². The van der Waals surface area contributed by atoms with Crippen LogP contribution in [0.25, 0.3) is 0 Å². The van der Waals surface area contributed by atoms with E-state index >= 15 is 0 Å². The highest BCUT2D eigenvalue weighted by molar-refractivity contribution is 5.97. The molecule has 1 atom stereocenters. The monoisotopic (exact) mass is 340 g/mol. The number of amides is 3. The van der Waals surface area contributed by atoms with E-state index in [1.54, 1.807) is 17.0 Å². The lowest BCUT2D eigenvalue weighted by molar-refractivity contribution is -0.119. The molecule has 1 aromatic carbocycles. The van der Waals surface area contributed by atoms with Crippen LogP contribution in [-0.2, 0) is 4.79 Å². The van der Waals surface area contributed by atoms with Gasteiger partial charge in [-0.1, -0.05) is 26.8 Å². The molecule has 128 valence electrons. The van der Waals surface area contributed by atoms with E-state index in [-0.39, 0.29) is 29.8 Å². The van der Waals surface area contributed by atoms with Crippen molar-refractivity contribution >= 4 is 35.7 Å². The predicted octanol–water partition coefficient (Wildman–Crippen LogP) is 2.34. The predicted molar refractivity (Wildman–Crippen MR) is 95.1 cm³/mol. The van der Waals surface area contributed by atoms with Crippen molar-refractivity contribution in [3.63, 3.8) is 0 Å². The molecule has 1 aliphatic rings. The van der Waals surface area contributed by atoms with Crippen molar-refractivity contribution in [3.05, 3.63) is 24.3 Å². The maximum Gasteiger partial charge on any atom is 0.321 e. The van der Waals surface area contributed by atoms with Crippen LogP contribution >= 0.6 is 12.4 Å². The Bertz CT molecular complexity index is 571. The Morgan fingerprint density at radius 1 is 1.39 bits per heavy atom. The minimum Gasteiger partial charge on any atom is -0.338 e. The zero-order valence-electron chi connectivity index (χ0n) is 13.8. The summed E-state index contributed by atoms with van der Waals surface area (Å²) in [5.41, 5.74) is 7.05. The number of halogens is 1. The first-order valence-corrected chi connectivity index (χ1v) is 7.51. The Hall–Kier alpha value is -1.79. The molecule has 4 N–H and O–H groups in total. The number of carbonyl (C=O) groups excluding carboxylic acids is 2. The van der Waals surface area contributed by atoms with Gasteiger partial charge < -0.3 is 16.4 Å². The standard InChI is InChI=1S/C16H24N4O2.ClH/c1-16(2,3)13(17)14(21)19-11-6-4-7-12(10-11)20-9-5-8-18-15(20)22;/h4,6-7,10,13H,5,8-9,17H2,1-3H3,(H,18,22)(H,19,21);1H/t13-;/m1./s1. The number of hydrogen-bond donors (Lipinski definition) is 3. The summed E-state index contributed by atoms with van der Waals surface area (Å²) in [5.74, 6) is -0.229. The smallest absolute Gasteiger partial charge is 0.321 e. The van der Waals surface area contributed by atoms with Crippen LogP contribution in [-0.4, -0.2) is 31.1 Å². The van der Waals surface area contributed by atoms with Crippen molar-refractivity contribution in [2.24, 2.45) is 11.1 Å². The summed E-state index contributed by atoms with van der Waals surface area (Å²) in [6, 6.07) is 6.53. The molecule has 7 heteroatoms. The van der Waals surface area contributed by atoms with Gasteiger partial charge in [-0.15, -0.1) is 12.4 Å². The molecule has 1 aliphatic heterocycles. The average molecular weight is 341 g/mol. The topological polar surface area (TPSA) is 87.5 Å². The largest absolute Gasteiger partial charge is 0.338 e. The normalized spacial score (nSPS) is 16.2. The van der Waals surface area contributed by atoms with E-state index in [1.807, 2.05) is 32.9 Å². The van der Waals surface area contributed by atoms with Gasteiger partial charge in [0.1, 0.15) is 0 Å². The molecule has 0 aliphatic carbocycles. The zero-order valence-corrected chi connectivity index (χ0v) is 14.6. The van der Waals surface area contributed by atoms with Crippen molar-refractivity contribution in [2.45, 2.75) is 33.2 Å². The molecule has 1 heterocycles. The highest BCUT2D eigenvalue weighted by atomic mass is 35.5. The second-order valence-corrected chi connectivity index (χ2v) is 6.62. The zero-order chi connectivity index (χ0) is 16.3. The first kappa shape index (κ1) is 19.3. The molecule has 1 saturated heterocycles. The van der Waals surface area contributed by atoms with Crippen LogP contribution in [0.15, 0.2) is 24.3 Å². The van der Waals surface area contributed by atoms with Crippen molar-refractivity contribution in [1.82, 2.24) is 5.32 Å². The highest BCUT2D eigenvalue weighted by Gasteiger charge is 2.27. The van der Waals surface area contributed by atoms with Gasteiger partial charge in [-0.2, -0.15) is 0 Å². The fourth-order valence-corrected chi connectivity index (χ4v) is 2.24. The lowest BCUT2D eigenvalue weighted by Gasteiger charge is -2.28. The molecule has 3 amide bonds. The van der Waals surface area contributed by atoms with Crippen molar-refractivity contribution in [2.75, 3.05) is 23.3 Å². The summed E-state index contributed by atoms with van der Waals surface area (Å²) >= 11 is 0. The maximum absolute atomic E-state index is 12.2. The van der Waals surface area contributed by atoms with Gasteiger partial charge in [-0.25, -0.2) is 4.79 Å². The number of hydrogen-bond acceptors (Lipinski definition) is 3. The van der Waals surface area contributed by atoms with Gasteiger partial charge in [-0.3, -0.25) is 9.69 Å². The fourth-order valence-electron chi connectivity index (χ4n) is 2.24. The van der Waals surface area contributed by atoms with Crippen molar-refractivity contribution in [3.8, 4) is 0 Å². The molecule has 6 nitrogen and oxygen atoms in total. The number of nitrogens with two attached hydrogens (primary N) is 1. The summed E-state index contributed by atoms with van der Waals surface area (Å²) < 4.78 is 0. The van der Waals surface area contributed by atoms with Gasteiger partial charge >= 0.3 is 6.03 Å². The van der Waals surface area contributed by atoms with Crippen LogP contribution in [0.1, 0.15) is 27.2 Å². The summed E-state index contributed by atoms with van der Waals surface area (Å²) in [6.45, 7) is 7.14. The number of benzene rings is 1. The van der Waals surface area contributed by atoms with E-state index in [9.17, 15) is 9.59 Å². The molecule has 0 bridgehead atoms. The van der Waals surface area contributed by atoms with Gasteiger partial charge in [0.05, 0.1) is 6.04 Å². The van der Waals surface area contributed by atoms with Gasteiger partial charge in [0.2, 0.25) is 5.91 Å². The SMILES string of the molecule is CC(C)(C)[C@H](N)C(=O)Nc1cccc(N2CCCNC2=O)c1.Cl. The second-order valence-electron chi connectivity index (χ2n) is 6.62. The Morgan fingerprint density at radius 2 is 2.09 bits per heavy atom. The summed E-state index contributed by atoms with van der Waals surface area (Å²) in [6.07, 6.45) is 0.900. The molecule has 0 aromatic heterocycles. The van der Waals surface area contributed by atoms with Gasteiger partial charge in [0, 0.05) is 24.5 Å². The maximum atomic E-state index is 12.2. The van der Waals surface area contributed by atoms with Gasteiger partial charge in [-0.05, 0) is 30.0 Å². The summed E-state index contributed by atoms with van der Waals surface area (Å²) in [5, 5.41) is 5.63. The minimum absolute atomic E-state index is 0. The van der Waals surface area contributed by atoms with E-state index in [0.29, 0.717) is 18.8 Å². The van der Waals surface area contributed by atoms with E-state index in [2.05, 4.69) is 10.6 Å². The molecule has 0 spiro atoms. The van der Waals surface area contributed by atoms with Gasteiger partial charge in [0.15, 0.2) is 0 Å². The molecular formula is C16H25ClN4O2. The Balaban J connectivity index is 0.00000264. The van der Waals surface area contributed by atoms with Gasteiger partial charge in [0.25, 0.3) is 0 Å². The van der Waals surface area contributed by atoms with Crippen LogP contribution in [0.4, 0.5) is 16.2 Å². The second kappa shape index (κ2) is 7.66. The molecule has 23 heavy (non-hydrogen) atoms. The Labute approximate surface area is 143 Å². The third kappa shape index (κ3) is 4.84. The lowest BCUT2D eigenvalue weighted by atomic mass is 9.87.